The molecule has 5 nitrogen and oxygen atoms in total. The van der Waals surface area contributed by atoms with Crippen LogP contribution in [0, 0.1) is 11.6 Å². The first-order valence-corrected chi connectivity index (χ1v) is 7.76. The summed E-state index contributed by atoms with van der Waals surface area (Å²) < 4.78 is 78.3. The van der Waals surface area contributed by atoms with E-state index in [0.717, 1.165) is 24.1 Å². The van der Waals surface area contributed by atoms with E-state index in [9.17, 15) is 26.7 Å². The van der Waals surface area contributed by atoms with E-state index in [-0.39, 0.29) is 5.69 Å². The van der Waals surface area contributed by atoms with Crippen LogP contribution in [0.1, 0.15) is 20.3 Å². The average Bonchev–Trinajstić information content (AvgIpc) is 2.93. The lowest BCUT2D eigenvalue weighted by atomic mass is 9.99. The Morgan fingerprint density at radius 2 is 1.96 bits per heavy atom. The molecule has 1 saturated heterocycles. The number of primary amides is 1. The van der Waals surface area contributed by atoms with E-state index < -0.39 is 60.2 Å². The highest BCUT2D eigenvalue weighted by Crippen LogP contribution is 2.46. The fourth-order valence-electron chi connectivity index (χ4n) is 2.94. The first-order valence-electron chi connectivity index (χ1n) is 7.76. The van der Waals surface area contributed by atoms with Crippen LogP contribution in [0.4, 0.5) is 27.6 Å². The maximum atomic E-state index is 14.2. The van der Waals surface area contributed by atoms with Gasteiger partial charge in [0.05, 0.1) is 18.3 Å². The molecule has 1 heterocycles. The molecule has 2 N–H and O–H groups in total. The molecule has 0 saturated carbocycles. The number of ether oxygens (including phenoxy) is 2. The lowest BCUT2D eigenvalue weighted by molar-refractivity contribution is -0.261. The Labute approximate surface area is 146 Å². The second-order valence-electron chi connectivity index (χ2n) is 6.32. The molecular formula is C16H19F5N2O3. The summed E-state index contributed by atoms with van der Waals surface area (Å²) in [7, 11) is 0.867. The largest absolute Gasteiger partial charge is 0.486 e. The third kappa shape index (κ3) is 3.42. The van der Waals surface area contributed by atoms with Gasteiger partial charge in [-0.2, -0.15) is 17.6 Å². The zero-order chi connectivity index (χ0) is 19.9. The van der Waals surface area contributed by atoms with Gasteiger partial charge in [0.25, 0.3) is 0 Å². The number of carbonyl (C=O) groups excluding carboxylic acids is 1. The van der Waals surface area contributed by atoms with Gasteiger partial charge >= 0.3 is 6.18 Å². The molecule has 2 rings (SSSR count). The Morgan fingerprint density at radius 3 is 2.42 bits per heavy atom. The van der Waals surface area contributed by atoms with Gasteiger partial charge in [-0.1, -0.05) is 0 Å². The Kier molecular flexibility index (Phi) is 5.36. The highest BCUT2D eigenvalue weighted by atomic mass is 19.4. The predicted molar refractivity (Wildman–Crippen MR) is 82.9 cm³/mol. The summed E-state index contributed by atoms with van der Waals surface area (Å²) in [5.41, 5.74) is 2.37. The summed E-state index contributed by atoms with van der Waals surface area (Å²) in [6, 6.07) is 0.362. The van der Waals surface area contributed by atoms with Crippen LogP contribution in [0.5, 0.6) is 5.75 Å². The molecule has 1 fully saturated rings. The Bertz CT molecular complexity index is 695. The molecule has 0 bridgehead atoms. The van der Waals surface area contributed by atoms with Crippen LogP contribution >= 0.6 is 0 Å². The van der Waals surface area contributed by atoms with E-state index in [4.69, 9.17) is 10.5 Å². The maximum Gasteiger partial charge on any atom is 0.419 e. The highest BCUT2D eigenvalue weighted by Gasteiger charge is 2.63. The van der Waals surface area contributed by atoms with Crippen LogP contribution in [-0.4, -0.2) is 43.5 Å². The molecule has 146 valence electrons. The quantitative estimate of drug-likeness (QED) is 0.796. The normalized spacial score (nSPS) is 23.6. The zero-order valence-corrected chi connectivity index (χ0v) is 14.4. The van der Waals surface area contributed by atoms with Crippen molar-refractivity contribution in [2.24, 2.45) is 5.73 Å². The summed E-state index contributed by atoms with van der Waals surface area (Å²) in [5, 5.41) is 0. The minimum Gasteiger partial charge on any atom is -0.486 e. The Hall–Kier alpha value is -2.10. The number of carbonyl (C=O) groups is 1. The van der Waals surface area contributed by atoms with Crippen LogP contribution in [0.15, 0.2) is 12.1 Å². The molecule has 0 aromatic heterocycles. The van der Waals surface area contributed by atoms with Gasteiger partial charge in [-0.15, -0.1) is 0 Å². The van der Waals surface area contributed by atoms with Crippen LogP contribution < -0.4 is 15.4 Å². The SMILES string of the molecule is COC1(C(F)(F)F)CC(C(N)=O)N(c2ccc(F)c(F)c2OC(C)C)C1. The minimum atomic E-state index is -4.80. The fraction of sp³-hybridized carbons (Fsp3) is 0.562. The third-order valence-electron chi connectivity index (χ3n) is 4.25. The molecule has 2 unspecified atom stereocenters. The molecule has 1 aromatic carbocycles. The van der Waals surface area contributed by atoms with Crippen LogP contribution in [-0.2, 0) is 9.53 Å². The van der Waals surface area contributed by atoms with E-state index in [2.05, 4.69) is 4.74 Å². The molecule has 1 aliphatic heterocycles. The van der Waals surface area contributed by atoms with Crippen molar-refractivity contribution < 1.29 is 36.2 Å². The lowest BCUT2D eigenvalue weighted by Gasteiger charge is -2.31. The topological polar surface area (TPSA) is 64.8 Å². The number of rotatable bonds is 5. The van der Waals surface area contributed by atoms with Gasteiger partial charge in [0, 0.05) is 13.5 Å². The monoisotopic (exact) mass is 382 g/mol. The van der Waals surface area contributed by atoms with Gasteiger partial charge in [-0.05, 0) is 26.0 Å². The molecule has 0 spiro atoms. The van der Waals surface area contributed by atoms with Crippen molar-refractivity contribution in [1.82, 2.24) is 0 Å². The zero-order valence-electron chi connectivity index (χ0n) is 14.4. The summed E-state index contributed by atoms with van der Waals surface area (Å²) in [5.74, 6) is -4.22. The van der Waals surface area contributed by atoms with Crippen molar-refractivity contribution in [2.45, 2.75) is 44.2 Å². The van der Waals surface area contributed by atoms with E-state index in [1.54, 1.807) is 13.8 Å². The van der Waals surface area contributed by atoms with Crippen molar-refractivity contribution in [3.8, 4) is 5.75 Å². The number of halogens is 5. The van der Waals surface area contributed by atoms with Gasteiger partial charge in [-0.25, -0.2) is 4.39 Å². The van der Waals surface area contributed by atoms with Crippen LogP contribution in [0.2, 0.25) is 0 Å². The van der Waals surface area contributed by atoms with Crippen molar-refractivity contribution in [3.05, 3.63) is 23.8 Å². The number of benzene rings is 1. The molecule has 26 heavy (non-hydrogen) atoms. The summed E-state index contributed by atoms with van der Waals surface area (Å²) in [6.07, 6.45) is -6.17. The van der Waals surface area contributed by atoms with Crippen molar-refractivity contribution in [1.29, 1.82) is 0 Å². The third-order valence-corrected chi connectivity index (χ3v) is 4.25. The number of nitrogens with zero attached hydrogens (tertiary/aromatic N) is 1. The molecule has 0 aliphatic carbocycles. The second-order valence-corrected chi connectivity index (χ2v) is 6.32. The van der Waals surface area contributed by atoms with Crippen molar-refractivity contribution in [3.63, 3.8) is 0 Å². The standard InChI is InChI=1S/C16H19F5N2O3/c1-8(2)26-13-10(5-4-9(17)12(13)18)23-7-15(25-3,16(19,20)21)6-11(23)14(22)24/h4-5,8,11H,6-7H2,1-3H3,(H2,22,24). The van der Waals surface area contributed by atoms with Gasteiger partial charge in [-0.3, -0.25) is 4.79 Å². The molecular weight excluding hydrogens is 363 g/mol. The molecule has 2 atom stereocenters. The molecule has 1 aliphatic rings. The van der Waals surface area contributed by atoms with E-state index in [1.165, 1.54) is 0 Å². The smallest absolute Gasteiger partial charge is 0.419 e. The molecule has 0 radical (unpaired) electrons. The lowest BCUT2D eigenvalue weighted by Crippen LogP contribution is -2.49. The van der Waals surface area contributed by atoms with Crippen LogP contribution in [0.25, 0.3) is 0 Å². The van der Waals surface area contributed by atoms with Gasteiger partial charge in [0.2, 0.25) is 11.7 Å². The number of hydrogen-bond acceptors (Lipinski definition) is 4. The molecule has 10 heteroatoms. The minimum absolute atomic E-state index is 0.204. The first-order chi connectivity index (χ1) is 11.9. The Morgan fingerprint density at radius 1 is 1.35 bits per heavy atom. The summed E-state index contributed by atoms with van der Waals surface area (Å²) >= 11 is 0. The summed E-state index contributed by atoms with van der Waals surface area (Å²) in [6.45, 7) is 2.26. The fourth-order valence-corrected chi connectivity index (χ4v) is 2.94. The second kappa shape index (κ2) is 6.90. The van der Waals surface area contributed by atoms with Gasteiger partial charge in [0.15, 0.2) is 17.2 Å². The van der Waals surface area contributed by atoms with E-state index in [0.29, 0.717) is 0 Å². The predicted octanol–water partition coefficient (Wildman–Crippen LogP) is 2.76. The number of alkyl halides is 3. The number of anilines is 1. The van der Waals surface area contributed by atoms with Crippen LogP contribution in [0.3, 0.4) is 0 Å². The van der Waals surface area contributed by atoms with Crippen molar-refractivity contribution >= 4 is 11.6 Å². The highest BCUT2D eigenvalue weighted by molar-refractivity contribution is 5.85. The number of nitrogens with two attached hydrogens (primary N) is 1. The molecule has 1 amide bonds. The average molecular weight is 382 g/mol. The number of hydrogen-bond donors (Lipinski definition) is 1. The van der Waals surface area contributed by atoms with Gasteiger partial charge < -0.3 is 20.1 Å². The van der Waals surface area contributed by atoms with Crippen molar-refractivity contribution in [2.75, 3.05) is 18.6 Å². The van der Waals surface area contributed by atoms with E-state index >= 15 is 0 Å². The number of amides is 1. The maximum absolute atomic E-state index is 14.2. The summed E-state index contributed by atoms with van der Waals surface area (Å²) in [4.78, 5) is 12.7. The van der Waals surface area contributed by atoms with Gasteiger partial charge in [0.1, 0.15) is 6.04 Å². The Balaban J connectivity index is 2.59. The first kappa shape index (κ1) is 20.2. The number of methoxy groups -OCH3 is 1. The molecule has 1 aromatic rings. The van der Waals surface area contributed by atoms with E-state index in [1.807, 2.05) is 0 Å².